The van der Waals surface area contributed by atoms with E-state index in [-0.39, 0.29) is 11.0 Å². The monoisotopic (exact) mass is 1510 g/mol. The Morgan fingerprint density at radius 3 is 0.901 bits per heavy atom. The van der Waals surface area contributed by atoms with Crippen molar-refractivity contribution in [2.45, 2.75) is 275 Å². The Morgan fingerprint density at radius 1 is 0.270 bits per heavy atom. The van der Waals surface area contributed by atoms with Crippen LogP contribution in [0.4, 0.5) is 13.2 Å². The predicted molar refractivity (Wildman–Crippen MR) is 471 cm³/mol. The molecule has 0 aromatic heterocycles. The number of aliphatic hydroxyl groups is 1. The summed E-state index contributed by atoms with van der Waals surface area (Å²) in [6, 6.07) is 71.8. The molecule has 0 spiro atoms. The fourth-order valence-corrected chi connectivity index (χ4v) is 12.2. The Kier molecular flexibility index (Phi) is 38.6. The molecule has 0 aliphatic heterocycles. The molecule has 9 heteroatoms. The molecule has 9 atom stereocenters. The van der Waals surface area contributed by atoms with Crippen LogP contribution < -0.4 is 0 Å². The Labute approximate surface area is 667 Å². The molecule has 0 bridgehead atoms. The largest absolute Gasteiger partial charge is 0.508 e. The zero-order valence-electron chi connectivity index (χ0n) is 71.4. The smallest absolute Gasteiger partial charge is 0.421 e. The third-order valence-corrected chi connectivity index (χ3v) is 22.3. The highest BCUT2D eigenvalue weighted by molar-refractivity contribution is 5.86. The summed E-state index contributed by atoms with van der Waals surface area (Å²) < 4.78 is 37.8. The Bertz CT molecular complexity index is 4450. The van der Waals surface area contributed by atoms with E-state index >= 15 is 0 Å². The molecule has 9 unspecified atom stereocenters. The second-order valence-electron chi connectivity index (χ2n) is 31.9. The molecule has 0 amide bonds. The summed E-state index contributed by atoms with van der Waals surface area (Å²) >= 11 is 0. The summed E-state index contributed by atoms with van der Waals surface area (Å²) in [7, 11) is 0. The van der Waals surface area contributed by atoms with Crippen LogP contribution in [0.1, 0.15) is 310 Å². The van der Waals surface area contributed by atoms with Gasteiger partial charge in [-0.05, 0) is 279 Å². The quantitative estimate of drug-likeness (QED) is 0.0540. The number of hydrogen-bond acceptors (Lipinski definition) is 6. The van der Waals surface area contributed by atoms with E-state index in [2.05, 4.69) is 233 Å². The first-order chi connectivity index (χ1) is 52.3. The van der Waals surface area contributed by atoms with E-state index in [4.69, 9.17) is 10.2 Å². The minimum atomic E-state index is -4.66. The number of phenols is 5. The van der Waals surface area contributed by atoms with Crippen LogP contribution in [0, 0.1) is 20.8 Å². The Morgan fingerprint density at radius 2 is 0.532 bits per heavy atom. The third kappa shape index (κ3) is 29.5. The maximum absolute atomic E-state index is 12.6. The summed E-state index contributed by atoms with van der Waals surface area (Å²) in [6.45, 7) is 48.4. The second-order valence-corrected chi connectivity index (χ2v) is 31.9. The molecule has 0 saturated carbocycles. The predicted octanol–water partition coefficient (Wildman–Crippen LogP) is 30.6. The Balaban J connectivity index is 0.000000269. The summed E-state index contributed by atoms with van der Waals surface area (Å²) in [5.41, 5.74) is 12.1. The lowest BCUT2D eigenvalue weighted by Crippen LogP contribution is -2.39. The van der Waals surface area contributed by atoms with Crippen LogP contribution in [0.3, 0.4) is 0 Å². The van der Waals surface area contributed by atoms with Crippen LogP contribution in [-0.4, -0.2) is 36.8 Å². The van der Waals surface area contributed by atoms with Gasteiger partial charge in [0.25, 0.3) is 0 Å². The first kappa shape index (κ1) is 94.3. The van der Waals surface area contributed by atoms with Gasteiger partial charge >= 0.3 is 6.18 Å². The summed E-state index contributed by atoms with van der Waals surface area (Å²) in [4.78, 5) is 0. The highest BCUT2D eigenvalue weighted by Crippen LogP contribution is 2.40. The molecule has 6 N–H and O–H groups in total. The minimum absolute atomic E-state index is 0.128. The molecule has 0 saturated heterocycles. The second kappa shape index (κ2) is 45.5. The number of halogens is 3. The van der Waals surface area contributed by atoms with E-state index in [1.54, 1.807) is 54.6 Å². The normalized spacial score (nSPS) is 13.8. The van der Waals surface area contributed by atoms with Crippen molar-refractivity contribution in [2.24, 2.45) is 0 Å². The molecule has 11 aromatic carbocycles. The molecule has 0 radical (unpaired) electrons. The SMILES string of the molecule is CCC(C)c1cc(C)c(O)c(C)c1.CCC(C)c1ccc(C(C)(O)C(F)(F)F)cc1.CCC(C)c1ccc(O)c(C)c1.CCC(C)c1ccc(O)cc1.CCC(C)c1ccc(O)cc1.CCC(C)c1ccc2cc(C(C)(C)C)ccc2c1.CCC(C)c1ccc2cc(O)ccc2c1.CCC(C)c1ccc2ccccc2c1. The number of benzene rings is 11. The number of rotatable bonds is 17. The van der Waals surface area contributed by atoms with Gasteiger partial charge < -0.3 is 30.6 Å². The van der Waals surface area contributed by atoms with Gasteiger partial charge in [-0.15, -0.1) is 0 Å². The maximum atomic E-state index is 12.6. The van der Waals surface area contributed by atoms with Crippen molar-refractivity contribution in [3.8, 4) is 28.7 Å². The van der Waals surface area contributed by atoms with Crippen molar-refractivity contribution in [1.82, 2.24) is 0 Å². The summed E-state index contributed by atoms with van der Waals surface area (Å²) in [5, 5.41) is 63.4. The number of phenolic OH excluding ortho intramolecular Hbond substituents is 5. The first-order valence-corrected chi connectivity index (χ1v) is 40.6. The zero-order chi connectivity index (χ0) is 83.1. The number of aromatic hydroxyl groups is 5. The molecule has 0 heterocycles. The first-order valence-electron chi connectivity index (χ1n) is 40.6. The fraction of sp³-hybridized carbons (Fsp3) is 0.412. The topological polar surface area (TPSA) is 121 Å². The van der Waals surface area contributed by atoms with Gasteiger partial charge in [0.15, 0.2) is 5.60 Å². The van der Waals surface area contributed by atoms with E-state index in [1.807, 2.05) is 71.0 Å². The van der Waals surface area contributed by atoms with Crippen molar-refractivity contribution >= 4 is 32.3 Å². The molecule has 11 aromatic rings. The van der Waals surface area contributed by atoms with Crippen LogP contribution >= 0.6 is 0 Å². The highest BCUT2D eigenvalue weighted by Gasteiger charge is 2.51. The third-order valence-electron chi connectivity index (χ3n) is 22.3. The molecule has 0 aliphatic carbocycles. The summed E-state index contributed by atoms with van der Waals surface area (Å²) in [5.74, 6) is 6.43. The average molecular weight is 1510 g/mol. The van der Waals surface area contributed by atoms with E-state index in [1.165, 1.54) is 96.4 Å². The Hall–Kier alpha value is -9.05. The van der Waals surface area contributed by atoms with Gasteiger partial charge in [-0.3, -0.25) is 0 Å². The van der Waals surface area contributed by atoms with E-state index in [0.29, 0.717) is 76.1 Å². The van der Waals surface area contributed by atoms with E-state index in [0.717, 1.165) is 73.1 Å². The van der Waals surface area contributed by atoms with Crippen molar-refractivity contribution in [3.05, 3.63) is 291 Å². The van der Waals surface area contributed by atoms with Crippen molar-refractivity contribution in [1.29, 1.82) is 0 Å². The average Bonchev–Trinajstić information content (AvgIpc) is 0.803. The van der Waals surface area contributed by atoms with Crippen LogP contribution in [0.5, 0.6) is 28.7 Å². The zero-order valence-corrected chi connectivity index (χ0v) is 71.4. The van der Waals surface area contributed by atoms with Crippen LogP contribution in [0.25, 0.3) is 32.3 Å². The molecular weight excluding hydrogens is 1380 g/mol. The molecule has 111 heavy (non-hydrogen) atoms. The molecule has 11 rings (SSSR count). The lowest BCUT2D eigenvalue weighted by Gasteiger charge is -2.27. The standard InChI is InChI=1S/C18H24.C14H16O.C14H16.C13H17F3O.C12H18O.C11H16O.2C10H14O/c1-6-13(2)14-7-8-16-12-17(18(3,4)5)10-9-15(16)11-14;1-3-10(2)11-4-5-13-9-14(15)7-6-12(13)8-11;1-3-11(2)13-9-8-12-6-4-5-7-14(12)10-13;1-4-9(2)10-5-7-11(8-6-10)12(3,17)13(14,15)16;1-5-8(2)11-6-9(3)12(13)10(4)7-11;1-4-8(2)10-5-6-11(12)9(3)7-10;2*1-3-8(2)9-4-6-10(11)7-5-9/h7-13H,6H2,1-5H3;4-10,15H,3H2,1-2H3;4-11H,3H2,1-2H3;5-9,17H,4H2,1-3H3;6-8,13H,5H2,1-4H3;5-8,12H,4H2,1-3H3;2*4-8,11H,3H2,1-2H3. The van der Waals surface area contributed by atoms with E-state index in [9.17, 15) is 33.6 Å². The van der Waals surface area contributed by atoms with Crippen molar-refractivity contribution in [3.63, 3.8) is 0 Å². The molecule has 0 fully saturated rings. The van der Waals surface area contributed by atoms with Crippen LogP contribution in [0.15, 0.2) is 218 Å². The van der Waals surface area contributed by atoms with Crippen LogP contribution in [-0.2, 0) is 11.0 Å². The molecular formula is C102H135F3O6. The molecule has 600 valence electrons. The maximum Gasteiger partial charge on any atom is 0.421 e. The molecule has 6 nitrogen and oxygen atoms in total. The number of fused-ring (bicyclic) bond motifs is 3. The lowest BCUT2D eigenvalue weighted by atomic mass is 9.85. The van der Waals surface area contributed by atoms with Gasteiger partial charge in [-0.25, -0.2) is 0 Å². The molecule has 0 aliphatic rings. The van der Waals surface area contributed by atoms with Crippen LogP contribution in [0.2, 0.25) is 0 Å². The van der Waals surface area contributed by atoms with Gasteiger partial charge in [0, 0.05) is 0 Å². The van der Waals surface area contributed by atoms with Crippen molar-refractivity contribution in [2.75, 3.05) is 0 Å². The van der Waals surface area contributed by atoms with Gasteiger partial charge in [-0.2, -0.15) is 13.2 Å². The summed E-state index contributed by atoms with van der Waals surface area (Å²) in [6.07, 6.45) is 4.40. The van der Waals surface area contributed by atoms with Gasteiger partial charge in [0.05, 0.1) is 0 Å². The lowest BCUT2D eigenvalue weighted by molar-refractivity contribution is -0.258. The van der Waals surface area contributed by atoms with E-state index < -0.39 is 11.8 Å². The van der Waals surface area contributed by atoms with Gasteiger partial charge in [-0.1, -0.05) is 307 Å². The number of alkyl halides is 3. The fourth-order valence-electron chi connectivity index (χ4n) is 12.2. The number of hydrogen-bond donors (Lipinski definition) is 6. The van der Waals surface area contributed by atoms with Crippen molar-refractivity contribution < 1.29 is 43.8 Å². The highest BCUT2D eigenvalue weighted by atomic mass is 19.4. The van der Waals surface area contributed by atoms with Gasteiger partial charge in [0.1, 0.15) is 28.7 Å². The van der Waals surface area contributed by atoms with Gasteiger partial charge in [0.2, 0.25) is 0 Å². The minimum Gasteiger partial charge on any atom is -0.508 e. The number of aryl methyl sites for hydroxylation is 3.